The molecule has 25 heavy (non-hydrogen) atoms. The number of aliphatic hydroxyl groups excluding tert-OH is 1. The molecule has 0 atom stereocenters. The number of aromatic nitrogens is 3. The minimum Gasteiger partial charge on any atom is -0.392 e. The largest absolute Gasteiger partial charge is 0.392 e. The van der Waals surface area contributed by atoms with E-state index >= 15 is 0 Å². The first kappa shape index (κ1) is 17.1. The van der Waals surface area contributed by atoms with Gasteiger partial charge in [0.05, 0.1) is 6.61 Å². The summed E-state index contributed by atoms with van der Waals surface area (Å²) in [4.78, 5) is 11.3. The second-order valence-corrected chi connectivity index (χ2v) is 5.81. The fourth-order valence-electron chi connectivity index (χ4n) is 2.70. The van der Waals surface area contributed by atoms with Crippen LogP contribution in [0.2, 0.25) is 0 Å². The molecule has 1 N–H and O–H groups in total. The van der Waals surface area contributed by atoms with Crippen LogP contribution < -0.4 is 4.90 Å². The molecule has 0 saturated carbocycles. The molecule has 3 rings (SSSR count). The van der Waals surface area contributed by atoms with Crippen molar-refractivity contribution in [3.8, 4) is 22.8 Å². The van der Waals surface area contributed by atoms with Gasteiger partial charge < -0.3 is 14.5 Å². The second kappa shape index (κ2) is 7.44. The van der Waals surface area contributed by atoms with E-state index in [0.29, 0.717) is 11.7 Å². The lowest BCUT2D eigenvalue weighted by Crippen LogP contribution is -2.23. The topological polar surface area (TPSA) is 75.3 Å². The summed E-state index contributed by atoms with van der Waals surface area (Å²) >= 11 is 0. The van der Waals surface area contributed by atoms with Crippen molar-refractivity contribution in [3.63, 3.8) is 0 Å². The third-order valence-electron chi connectivity index (χ3n) is 4.10. The van der Waals surface area contributed by atoms with E-state index in [2.05, 4.69) is 33.9 Å². The van der Waals surface area contributed by atoms with E-state index in [1.807, 2.05) is 43.3 Å². The second-order valence-electron chi connectivity index (χ2n) is 5.81. The van der Waals surface area contributed by atoms with Gasteiger partial charge in [-0.2, -0.15) is 4.98 Å². The van der Waals surface area contributed by atoms with Crippen LogP contribution in [0.1, 0.15) is 25.1 Å². The van der Waals surface area contributed by atoms with Gasteiger partial charge in [-0.3, -0.25) is 0 Å². The monoisotopic (exact) mass is 338 g/mol. The molecule has 0 unspecified atom stereocenters. The Hall–Kier alpha value is -2.73. The Morgan fingerprint density at radius 2 is 1.72 bits per heavy atom. The van der Waals surface area contributed by atoms with Gasteiger partial charge in [0.15, 0.2) is 0 Å². The molecule has 0 aliphatic carbocycles. The first-order valence-corrected chi connectivity index (χ1v) is 8.42. The minimum absolute atomic E-state index is 0.0161. The smallest absolute Gasteiger partial charge is 0.258 e. The maximum absolute atomic E-state index is 9.13. The lowest BCUT2D eigenvalue weighted by Gasteiger charge is -2.20. The van der Waals surface area contributed by atoms with Crippen LogP contribution in [-0.2, 0) is 6.61 Å². The molecule has 0 fully saturated rings. The molecule has 6 heteroatoms. The Morgan fingerprint density at radius 3 is 2.36 bits per heavy atom. The van der Waals surface area contributed by atoms with Crippen LogP contribution >= 0.6 is 0 Å². The summed E-state index contributed by atoms with van der Waals surface area (Å²) in [5.41, 5.74) is 3.47. The van der Waals surface area contributed by atoms with E-state index in [4.69, 9.17) is 9.63 Å². The molecule has 2 aromatic heterocycles. The van der Waals surface area contributed by atoms with Gasteiger partial charge in [0.1, 0.15) is 5.82 Å². The van der Waals surface area contributed by atoms with Crippen molar-refractivity contribution in [2.24, 2.45) is 0 Å². The maximum atomic E-state index is 9.13. The van der Waals surface area contributed by atoms with E-state index in [9.17, 15) is 0 Å². The van der Waals surface area contributed by atoms with Crippen molar-refractivity contribution in [3.05, 3.63) is 47.7 Å². The molecular weight excluding hydrogens is 316 g/mol. The summed E-state index contributed by atoms with van der Waals surface area (Å²) in [5, 5.41) is 13.2. The van der Waals surface area contributed by atoms with Crippen LogP contribution in [-0.4, -0.2) is 33.3 Å². The van der Waals surface area contributed by atoms with Crippen molar-refractivity contribution >= 4 is 5.82 Å². The summed E-state index contributed by atoms with van der Waals surface area (Å²) in [5.74, 6) is 1.91. The summed E-state index contributed by atoms with van der Waals surface area (Å²) in [6, 6.07) is 11.4. The zero-order chi connectivity index (χ0) is 17.8. The number of rotatable bonds is 6. The number of benzene rings is 1. The predicted molar refractivity (Wildman–Crippen MR) is 97.2 cm³/mol. The van der Waals surface area contributed by atoms with Crippen molar-refractivity contribution in [2.75, 3.05) is 18.0 Å². The SMILES string of the molecule is CCN(CC)c1cc(-c2nc(-c3ccc(CO)cc3)no2)cc(C)n1. The fraction of sp³-hybridized carbons (Fsp3) is 0.316. The Bertz CT molecular complexity index is 839. The van der Waals surface area contributed by atoms with Crippen LogP contribution in [0.4, 0.5) is 5.82 Å². The molecule has 0 bridgehead atoms. The average molecular weight is 338 g/mol. The number of aliphatic hydroxyl groups is 1. The van der Waals surface area contributed by atoms with E-state index in [1.165, 1.54) is 0 Å². The molecule has 1 aromatic carbocycles. The van der Waals surface area contributed by atoms with Gasteiger partial charge in [-0.15, -0.1) is 0 Å². The van der Waals surface area contributed by atoms with Crippen molar-refractivity contribution in [2.45, 2.75) is 27.4 Å². The van der Waals surface area contributed by atoms with Gasteiger partial charge in [-0.25, -0.2) is 4.98 Å². The van der Waals surface area contributed by atoms with E-state index in [1.54, 1.807) is 0 Å². The number of hydrogen-bond donors (Lipinski definition) is 1. The summed E-state index contributed by atoms with van der Waals surface area (Å²) in [7, 11) is 0. The number of anilines is 1. The zero-order valence-electron chi connectivity index (χ0n) is 14.7. The summed E-state index contributed by atoms with van der Waals surface area (Å²) < 4.78 is 5.46. The number of hydrogen-bond acceptors (Lipinski definition) is 6. The number of nitrogens with zero attached hydrogens (tertiary/aromatic N) is 4. The number of aryl methyl sites for hydroxylation is 1. The van der Waals surface area contributed by atoms with Crippen LogP contribution in [0.25, 0.3) is 22.8 Å². The molecule has 0 spiro atoms. The molecule has 0 aliphatic rings. The van der Waals surface area contributed by atoms with E-state index in [0.717, 1.165) is 41.3 Å². The fourth-order valence-corrected chi connectivity index (χ4v) is 2.70. The van der Waals surface area contributed by atoms with Gasteiger partial charge in [0, 0.05) is 29.9 Å². The maximum Gasteiger partial charge on any atom is 0.258 e. The van der Waals surface area contributed by atoms with Crippen LogP contribution in [0.5, 0.6) is 0 Å². The predicted octanol–water partition coefficient (Wildman–Crippen LogP) is 3.45. The van der Waals surface area contributed by atoms with Gasteiger partial charge in [-0.05, 0) is 38.5 Å². The first-order valence-electron chi connectivity index (χ1n) is 8.42. The van der Waals surface area contributed by atoms with Gasteiger partial charge in [-0.1, -0.05) is 29.4 Å². The van der Waals surface area contributed by atoms with Crippen molar-refractivity contribution < 1.29 is 9.63 Å². The number of pyridine rings is 1. The third kappa shape index (κ3) is 3.69. The Balaban J connectivity index is 1.93. The highest BCUT2D eigenvalue weighted by molar-refractivity contribution is 5.63. The molecule has 3 aromatic rings. The van der Waals surface area contributed by atoms with E-state index < -0.39 is 0 Å². The lowest BCUT2D eigenvalue weighted by atomic mass is 10.1. The quantitative estimate of drug-likeness (QED) is 0.742. The van der Waals surface area contributed by atoms with Gasteiger partial charge in [0.25, 0.3) is 5.89 Å². The minimum atomic E-state index is 0.0161. The lowest BCUT2D eigenvalue weighted by molar-refractivity contribution is 0.282. The molecule has 0 amide bonds. The highest BCUT2D eigenvalue weighted by Crippen LogP contribution is 2.26. The van der Waals surface area contributed by atoms with Gasteiger partial charge >= 0.3 is 0 Å². The Kier molecular flexibility index (Phi) is 5.09. The van der Waals surface area contributed by atoms with Crippen LogP contribution in [0, 0.1) is 6.92 Å². The molecule has 0 aliphatic heterocycles. The summed E-state index contributed by atoms with van der Waals surface area (Å²) in [6.45, 7) is 7.96. The third-order valence-corrected chi connectivity index (χ3v) is 4.10. The Labute approximate surface area is 147 Å². The summed E-state index contributed by atoms with van der Waals surface area (Å²) in [6.07, 6.45) is 0. The van der Waals surface area contributed by atoms with E-state index in [-0.39, 0.29) is 6.61 Å². The highest BCUT2D eigenvalue weighted by Gasteiger charge is 2.14. The molecular formula is C19H22N4O2. The zero-order valence-corrected chi connectivity index (χ0v) is 14.7. The Morgan fingerprint density at radius 1 is 1.00 bits per heavy atom. The van der Waals surface area contributed by atoms with Gasteiger partial charge in [0.2, 0.25) is 5.82 Å². The molecule has 130 valence electrons. The van der Waals surface area contributed by atoms with Crippen LogP contribution in [0.3, 0.4) is 0 Å². The normalized spacial score (nSPS) is 10.9. The first-order chi connectivity index (χ1) is 12.1. The van der Waals surface area contributed by atoms with Crippen molar-refractivity contribution in [1.29, 1.82) is 0 Å². The van der Waals surface area contributed by atoms with Crippen LogP contribution in [0.15, 0.2) is 40.9 Å². The average Bonchev–Trinajstić information content (AvgIpc) is 3.12. The molecule has 2 heterocycles. The molecule has 6 nitrogen and oxygen atoms in total. The van der Waals surface area contributed by atoms with Crippen molar-refractivity contribution in [1.82, 2.24) is 15.1 Å². The molecule has 0 radical (unpaired) electrons. The molecule has 0 saturated heterocycles. The highest BCUT2D eigenvalue weighted by atomic mass is 16.5. The standard InChI is InChI=1S/C19H22N4O2/c1-4-23(5-2)17-11-16(10-13(3)20-17)19-21-18(22-25-19)15-8-6-14(12-24)7-9-15/h6-11,24H,4-5,12H2,1-3H3.